The van der Waals surface area contributed by atoms with E-state index < -0.39 is 68.2 Å². The van der Waals surface area contributed by atoms with Crippen LogP contribution in [0.5, 0.6) is 17.2 Å². The highest BCUT2D eigenvalue weighted by atomic mass is 19.4. The van der Waals surface area contributed by atoms with E-state index in [2.05, 4.69) is 0 Å². The van der Waals surface area contributed by atoms with E-state index in [9.17, 15) is 46.6 Å². The smallest absolute Gasteiger partial charge is 0.420 e. The molecule has 0 heterocycles. The maximum Gasteiger partial charge on any atom is 0.420 e. The van der Waals surface area contributed by atoms with E-state index in [0.717, 1.165) is 29.8 Å². The lowest BCUT2D eigenvalue weighted by atomic mass is 9.92. The number of fused-ring (bicyclic) bond motifs is 5. The Bertz CT molecular complexity index is 1490. The summed E-state index contributed by atoms with van der Waals surface area (Å²) in [5, 5.41) is 21.9. The minimum absolute atomic E-state index is 0.00530. The molecule has 0 saturated heterocycles. The molecular weight excluding hydrogens is 538 g/mol. The molecular formula is C25H16F6N2O6. The fourth-order valence-corrected chi connectivity index (χ4v) is 5.24. The van der Waals surface area contributed by atoms with Crippen LogP contribution in [0.2, 0.25) is 0 Å². The van der Waals surface area contributed by atoms with Crippen LogP contribution >= 0.6 is 0 Å². The number of nitrogens with zero attached hydrogens (tertiary/aromatic N) is 2. The van der Waals surface area contributed by atoms with E-state index in [1.165, 1.54) is 12.1 Å². The maximum absolute atomic E-state index is 13.6. The third-order valence-electron chi connectivity index (χ3n) is 6.89. The molecule has 2 aliphatic rings. The van der Waals surface area contributed by atoms with Crippen molar-refractivity contribution in [2.24, 2.45) is 0 Å². The van der Waals surface area contributed by atoms with Crippen LogP contribution in [0.25, 0.3) is 0 Å². The molecule has 3 atom stereocenters. The van der Waals surface area contributed by atoms with Crippen LogP contribution in [0, 0.1) is 20.2 Å². The molecule has 0 spiro atoms. The maximum atomic E-state index is 13.6. The van der Waals surface area contributed by atoms with Gasteiger partial charge in [-0.15, -0.1) is 0 Å². The molecule has 3 unspecified atom stereocenters. The van der Waals surface area contributed by atoms with Gasteiger partial charge in [0, 0.05) is 36.1 Å². The van der Waals surface area contributed by atoms with Gasteiger partial charge in [-0.2, -0.15) is 26.3 Å². The number of ether oxygens (including phenoxy) is 2. The van der Waals surface area contributed by atoms with Crippen LogP contribution in [0.1, 0.15) is 46.9 Å². The summed E-state index contributed by atoms with van der Waals surface area (Å²) in [6, 6.07) is 8.83. The minimum Gasteiger partial charge on any atom is -0.489 e. The zero-order valence-electron chi connectivity index (χ0n) is 19.5. The van der Waals surface area contributed by atoms with Gasteiger partial charge in [0.2, 0.25) is 0 Å². The number of alkyl halides is 6. The Morgan fingerprint density at radius 3 is 1.74 bits per heavy atom. The lowest BCUT2D eigenvalue weighted by Crippen LogP contribution is -2.21. The second kappa shape index (κ2) is 9.13. The lowest BCUT2D eigenvalue weighted by Gasteiger charge is -2.21. The molecule has 1 saturated carbocycles. The fourth-order valence-electron chi connectivity index (χ4n) is 5.24. The summed E-state index contributed by atoms with van der Waals surface area (Å²) in [6.07, 6.45) is -9.45. The van der Waals surface area contributed by atoms with Crippen molar-refractivity contribution < 1.29 is 45.7 Å². The molecule has 8 nitrogen and oxygen atoms in total. The highest BCUT2D eigenvalue weighted by Crippen LogP contribution is 2.56. The number of non-ortho nitro benzene ring substituents is 2. The number of nitro groups is 2. The first-order valence-corrected chi connectivity index (χ1v) is 11.4. The molecule has 39 heavy (non-hydrogen) atoms. The van der Waals surface area contributed by atoms with Crippen molar-refractivity contribution in [3.63, 3.8) is 0 Å². The first-order chi connectivity index (χ1) is 18.2. The van der Waals surface area contributed by atoms with Gasteiger partial charge in [0.25, 0.3) is 11.4 Å². The Hall–Kier alpha value is -4.36. The third kappa shape index (κ3) is 4.81. The number of nitro benzene ring substituents is 2. The SMILES string of the molecule is O=[N+]([O-])c1ccc(Oc2ccc3c(c2)C2CCC3C2Oc2ccc([N+](=O)[O-])cc2C(F)(F)F)c(C(F)(F)F)c1. The van der Waals surface area contributed by atoms with Gasteiger partial charge >= 0.3 is 12.4 Å². The van der Waals surface area contributed by atoms with E-state index in [1.807, 2.05) is 0 Å². The van der Waals surface area contributed by atoms with Gasteiger partial charge < -0.3 is 9.47 Å². The standard InChI is InChI=1S/C25H16F6N2O6/c26-24(27,28)19-9-12(32(34)35)1-7-21(19)38-14-3-4-15-16-5-6-17(18(15)11-14)23(16)39-22-8-2-13(33(36)37)10-20(22)25(29,30)31/h1-4,7-11,16-17,23H,5-6H2. The van der Waals surface area contributed by atoms with Crippen molar-refractivity contribution in [3.05, 3.63) is 97.1 Å². The first kappa shape index (κ1) is 26.3. The Morgan fingerprint density at radius 1 is 0.692 bits per heavy atom. The summed E-state index contributed by atoms with van der Waals surface area (Å²) >= 11 is 0. The summed E-state index contributed by atoms with van der Waals surface area (Å²) in [5.41, 5.74) is -2.73. The average molecular weight is 554 g/mol. The molecule has 0 radical (unpaired) electrons. The normalized spacial score (nSPS) is 20.0. The van der Waals surface area contributed by atoms with Gasteiger partial charge in [0.1, 0.15) is 34.5 Å². The lowest BCUT2D eigenvalue weighted by molar-refractivity contribution is -0.385. The monoisotopic (exact) mass is 554 g/mol. The van der Waals surface area contributed by atoms with Gasteiger partial charge in [0.15, 0.2) is 0 Å². The molecule has 0 aliphatic heterocycles. The molecule has 0 amide bonds. The molecule has 2 bridgehead atoms. The molecule has 5 rings (SSSR count). The van der Waals surface area contributed by atoms with Gasteiger partial charge in [-0.3, -0.25) is 20.2 Å². The number of hydrogen-bond acceptors (Lipinski definition) is 6. The zero-order valence-corrected chi connectivity index (χ0v) is 19.5. The van der Waals surface area contributed by atoms with Crippen molar-refractivity contribution in [1.29, 1.82) is 0 Å². The molecule has 0 N–H and O–H groups in total. The van der Waals surface area contributed by atoms with E-state index >= 15 is 0 Å². The third-order valence-corrected chi connectivity index (χ3v) is 6.89. The highest BCUT2D eigenvalue weighted by molar-refractivity contribution is 5.52. The van der Waals surface area contributed by atoms with Crippen LogP contribution < -0.4 is 9.47 Å². The molecule has 204 valence electrons. The summed E-state index contributed by atoms with van der Waals surface area (Å²) in [4.78, 5) is 20.0. The fraction of sp³-hybridized carbons (Fsp3) is 0.280. The molecule has 3 aromatic rings. The predicted octanol–water partition coefficient (Wildman–Crippen LogP) is 7.76. The molecule has 14 heteroatoms. The quantitative estimate of drug-likeness (QED) is 0.175. The Labute approximate surface area is 215 Å². The zero-order chi connectivity index (χ0) is 28.3. The Morgan fingerprint density at radius 2 is 1.21 bits per heavy atom. The number of halogens is 6. The summed E-state index contributed by atoms with van der Waals surface area (Å²) in [6.45, 7) is 0. The largest absolute Gasteiger partial charge is 0.489 e. The number of hydrogen-bond donors (Lipinski definition) is 0. The average Bonchev–Trinajstić information content (AvgIpc) is 3.38. The van der Waals surface area contributed by atoms with E-state index in [4.69, 9.17) is 9.47 Å². The number of benzene rings is 3. The highest BCUT2D eigenvalue weighted by Gasteiger charge is 2.49. The Kier molecular flexibility index (Phi) is 6.15. The van der Waals surface area contributed by atoms with Crippen LogP contribution in [0.3, 0.4) is 0 Å². The predicted molar refractivity (Wildman–Crippen MR) is 122 cm³/mol. The van der Waals surface area contributed by atoms with Gasteiger partial charge in [-0.25, -0.2) is 0 Å². The topological polar surface area (TPSA) is 105 Å². The van der Waals surface area contributed by atoms with Crippen molar-refractivity contribution in [1.82, 2.24) is 0 Å². The second-order valence-electron chi connectivity index (χ2n) is 9.14. The van der Waals surface area contributed by atoms with Gasteiger partial charge in [0.05, 0.1) is 9.85 Å². The van der Waals surface area contributed by atoms with E-state index in [1.54, 1.807) is 6.07 Å². The van der Waals surface area contributed by atoms with Gasteiger partial charge in [-0.1, -0.05) is 6.07 Å². The summed E-state index contributed by atoms with van der Waals surface area (Å²) in [7, 11) is 0. The van der Waals surface area contributed by atoms with Crippen LogP contribution in [-0.4, -0.2) is 16.0 Å². The first-order valence-electron chi connectivity index (χ1n) is 11.4. The van der Waals surface area contributed by atoms with Crippen LogP contribution in [0.15, 0.2) is 54.6 Å². The van der Waals surface area contributed by atoms with Crippen LogP contribution in [0.4, 0.5) is 37.7 Å². The van der Waals surface area contributed by atoms with Crippen molar-refractivity contribution in [2.45, 2.75) is 43.1 Å². The van der Waals surface area contributed by atoms with Gasteiger partial charge in [-0.05, 0) is 48.2 Å². The van der Waals surface area contributed by atoms with Crippen molar-refractivity contribution in [3.8, 4) is 17.2 Å². The molecule has 3 aromatic carbocycles. The molecule has 0 aromatic heterocycles. The molecule has 1 fully saturated rings. The van der Waals surface area contributed by atoms with Crippen LogP contribution in [-0.2, 0) is 12.4 Å². The molecule has 2 aliphatic carbocycles. The second-order valence-corrected chi connectivity index (χ2v) is 9.14. The number of rotatable bonds is 6. The summed E-state index contributed by atoms with van der Waals surface area (Å²) < 4.78 is 92.8. The van der Waals surface area contributed by atoms with E-state index in [-0.39, 0.29) is 11.7 Å². The summed E-state index contributed by atoms with van der Waals surface area (Å²) in [5.74, 6) is -1.90. The van der Waals surface area contributed by atoms with E-state index in [0.29, 0.717) is 30.5 Å². The Balaban J connectivity index is 1.44. The minimum atomic E-state index is -4.93. The van der Waals surface area contributed by atoms with Crippen molar-refractivity contribution in [2.75, 3.05) is 0 Å². The van der Waals surface area contributed by atoms with Crippen molar-refractivity contribution >= 4 is 11.4 Å².